The van der Waals surface area contributed by atoms with E-state index in [1.807, 2.05) is 0 Å². The molecule has 0 saturated heterocycles. The Hall–Kier alpha value is -1.40. The number of ether oxygens (including phenoxy) is 1. The molecule has 0 rings (SSSR count). The average Bonchev–Trinajstić information content (AvgIpc) is 2.01. The Morgan fingerprint density at radius 1 is 0.273 bits per heavy atom. The smallest absolute Gasteiger partial charge is 0.305 e. The maximum atomic E-state index is 12.6. The molecule has 0 spiro atoms. The fourth-order valence-corrected chi connectivity index (χ4v) is 15.3. The first-order valence-electron chi connectivity index (χ1n) is 46.4. The summed E-state index contributed by atoms with van der Waals surface area (Å²) in [4.78, 5) is 24.7. The van der Waals surface area contributed by atoms with Gasteiger partial charge in [0.2, 0.25) is 5.91 Å². The van der Waals surface area contributed by atoms with E-state index < -0.39 is 12.1 Å². The molecule has 99 heavy (non-hydrogen) atoms. The lowest BCUT2D eigenvalue weighted by molar-refractivity contribution is -0.143. The Balaban J connectivity index is 3.29. The van der Waals surface area contributed by atoms with Crippen molar-refractivity contribution in [2.45, 2.75) is 559 Å². The van der Waals surface area contributed by atoms with Gasteiger partial charge in [-0.1, -0.05) is 495 Å². The SMILES string of the molecule is CCCCCCCC/C=C\CCCCCCCCCCCC(=O)OCCCCCCCCCCCCCCCCCCCCCCCCCCCCCCCCCCCCCCCCCC(=O)NC(CO)C(O)CCCCCCCCCCCCCCCCCCCCCCCCCC. The number of amides is 1. The van der Waals surface area contributed by atoms with Crippen LogP contribution in [0, 0.1) is 0 Å². The number of aliphatic hydroxyl groups is 2. The summed E-state index contributed by atoms with van der Waals surface area (Å²) < 4.78 is 5.53. The lowest BCUT2D eigenvalue weighted by atomic mass is 10.0. The second-order valence-corrected chi connectivity index (χ2v) is 32.4. The van der Waals surface area contributed by atoms with Gasteiger partial charge in [-0.05, 0) is 51.4 Å². The van der Waals surface area contributed by atoms with Gasteiger partial charge >= 0.3 is 5.97 Å². The summed E-state index contributed by atoms with van der Waals surface area (Å²) >= 11 is 0. The van der Waals surface area contributed by atoms with E-state index in [2.05, 4.69) is 31.3 Å². The van der Waals surface area contributed by atoms with E-state index in [4.69, 9.17) is 4.74 Å². The number of carbonyl (C=O) groups is 2. The number of hydrogen-bond acceptors (Lipinski definition) is 5. The highest BCUT2D eigenvalue weighted by Gasteiger charge is 2.20. The quantitative estimate of drug-likeness (QED) is 0.0320. The third kappa shape index (κ3) is 85.4. The van der Waals surface area contributed by atoms with Gasteiger partial charge in [-0.15, -0.1) is 0 Å². The first kappa shape index (κ1) is 97.6. The van der Waals surface area contributed by atoms with E-state index in [1.165, 1.54) is 475 Å². The van der Waals surface area contributed by atoms with Crippen LogP contribution in [0.15, 0.2) is 12.2 Å². The zero-order valence-electron chi connectivity index (χ0n) is 68.0. The lowest BCUT2D eigenvalue weighted by Gasteiger charge is -2.22. The van der Waals surface area contributed by atoms with Crippen molar-refractivity contribution in [1.29, 1.82) is 0 Å². The normalized spacial score (nSPS) is 12.4. The molecule has 2 atom stereocenters. The zero-order valence-corrected chi connectivity index (χ0v) is 68.0. The van der Waals surface area contributed by atoms with Gasteiger partial charge in [0.25, 0.3) is 0 Å². The van der Waals surface area contributed by atoms with Gasteiger partial charge in [0, 0.05) is 12.8 Å². The molecule has 0 heterocycles. The number of aliphatic hydroxyl groups excluding tert-OH is 2. The van der Waals surface area contributed by atoms with Gasteiger partial charge < -0.3 is 20.3 Å². The van der Waals surface area contributed by atoms with Crippen LogP contribution in [0.3, 0.4) is 0 Å². The molecule has 0 aromatic heterocycles. The first-order chi connectivity index (χ1) is 49.0. The standard InChI is InChI=1S/C93H183NO5/c1-3-5-7-9-11-13-15-17-19-21-23-24-25-43-46-50-53-57-61-65-69-73-77-81-85-91(96)90(89-95)94-92(97)86-82-78-74-70-66-62-58-54-51-47-44-41-39-37-35-33-31-29-27-26-28-30-32-34-36-38-40-42-45-48-52-56-60-64-68-72-76-80-84-88-99-93(98)87-83-79-75-71-67-63-59-55-49-22-20-18-16-14-12-10-8-6-4-2/h18,20,90-91,95-96H,3-17,19,21-89H2,1-2H3,(H,94,97)/b20-18-. The van der Waals surface area contributed by atoms with E-state index in [0.717, 1.165) is 38.5 Å². The molecule has 0 aromatic carbocycles. The van der Waals surface area contributed by atoms with Gasteiger partial charge in [-0.2, -0.15) is 0 Å². The summed E-state index contributed by atoms with van der Waals surface area (Å²) in [5.41, 5.74) is 0. The van der Waals surface area contributed by atoms with Crippen LogP contribution in [0.5, 0.6) is 0 Å². The summed E-state index contributed by atoms with van der Waals surface area (Å²) in [5, 5.41) is 23.5. The molecule has 6 heteroatoms. The molecule has 1 amide bonds. The molecule has 3 N–H and O–H groups in total. The topological polar surface area (TPSA) is 95.9 Å². The minimum atomic E-state index is -0.661. The highest BCUT2D eigenvalue weighted by Crippen LogP contribution is 2.22. The summed E-state index contributed by atoms with van der Waals surface area (Å²) in [5.74, 6) is 0.00345. The number of unbranched alkanes of at least 4 members (excludes halogenated alkanes) is 76. The Bertz CT molecular complexity index is 1520. The molecule has 0 aliphatic carbocycles. The lowest BCUT2D eigenvalue weighted by Crippen LogP contribution is -2.45. The Kier molecular flexibility index (Phi) is 87.7. The predicted molar refractivity (Wildman–Crippen MR) is 440 cm³/mol. The van der Waals surface area contributed by atoms with Gasteiger partial charge in [0.05, 0.1) is 25.4 Å². The highest BCUT2D eigenvalue weighted by molar-refractivity contribution is 5.76. The second kappa shape index (κ2) is 89.0. The average molecular weight is 1400 g/mol. The number of nitrogens with one attached hydrogen (secondary N) is 1. The fourth-order valence-electron chi connectivity index (χ4n) is 15.3. The number of hydrogen-bond donors (Lipinski definition) is 3. The molecule has 0 bridgehead atoms. The molecular weight excluding hydrogens is 1210 g/mol. The fraction of sp³-hybridized carbons (Fsp3) is 0.957. The molecule has 0 aliphatic heterocycles. The molecular formula is C93H183NO5. The van der Waals surface area contributed by atoms with Crippen molar-refractivity contribution in [2.75, 3.05) is 13.2 Å². The van der Waals surface area contributed by atoms with E-state index in [9.17, 15) is 19.8 Å². The minimum absolute atomic E-state index is 0.0218. The van der Waals surface area contributed by atoms with Crippen LogP contribution >= 0.6 is 0 Å². The van der Waals surface area contributed by atoms with E-state index in [-0.39, 0.29) is 18.5 Å². The maximum absolute atomic E-state index is 12.6. The van der Waals surface area contributed by atoms with Crippen LogP contribution in [0.25, 0.3) is 0 Å². The molecule has 0 aliphatic rings. The summed E-state index contributed by atoms with van der Waals surface area (Å²) in [6.45, 7) is 5.02. The predicted octanol–water partition coefficient (Wildman–Crippen LogP) is 31.3. The highest BCUT2D eigenvalue weighted by atomic mass is 16.5. The van der Waals surface area contributed by atoms with Crippen molar-refractivity contribution < 1.29 is 24.5 Å². The van der Waals surface area contributed by atoms with Crippen LogP contribution in [-0.2, 0) is 14.3 Å². The zero-order chi connectivity index (χ0) is 71.2. The van der Waals surface area contributed by atoms with Crippen LogP contribution < -0.4 is 5.32 Å². The van der Waals surface area contributed by atoms with Gasteiger partial charge in [-0.25, -0.2) is 0 Å². The Labute approximate surface area is 622 Å². The van der Waals surface area contributed by atoms with E-state index >= 15 is 0 Å². The van der Waals surface area contributed by atoms with Crippen molar-refractivity contribution in [3.8, 4) is 0 Å². The summed E-state index contributed by atoms with van der Waals surface area (Å²) in [7, 11) is 0. The monoisotopic (exact) mass is 1390 g/mol. The maximum Gasteiger partial charge on any atom is 0.305 e. The molecule has 0 saturated carbocycles. The van der Waals surface area contributed by atoms with Crippen LogP contribution in [0.2, 0.25) is 0 Å². The molecule has 0 radical (unpaired) electrons. The summed E-state index contributed by atoms with van der Waals surface area (Å²) in [6.07, 6.45) is 115. The number of allylic oxidation sites excluding steroid dienone is 2. The largest absolute Gasteiger partial charge is 0.466 e. The molecule has 0 aromatic rings. The van der Waals surface area contributed by atoms with Crippen molar-refractivity contribution in [3.63, 3.8) is 0 Å². The van der Waals surface area contributed by atoms with Crippen molar-refractivity contribution >= 4 is 11.9 Å². The van der Waals surface area contributed by atoms with E-state index in [1.54, 1.807) is 0 Å². The molecule has 590 valence electrons. The van der Waals surface area contributed by atoms with Crippen LogP contribution in [-0.4, -0.2) is 47.4 Å². The van der Waals surface area contributed by atoms with Gasteiger partial charge in [-0.3, -0.25) is 9.59 Å². The third-order valence-corrected chi connectivity index (χ3v) is 22.3. The molecule has 2 unspecified atom stereocenters. The van der Waals surface area contributed by atoms with Crippen LogP contribution in [0.4, 0.5) is 0 Å². The molecule has 0 fully saturated rings. The van der Waals surface area contributed by atoms with Gasteiger partial charge in [0.1, 0.15) is 0 Å². The Morgan fingerprint density at radius 3 is 0.717 bits per heavy atom. The third-order valence-electron chi connectivity index (χ3n) is 22.3. The van der Waals surface area contributed by atoms with Crippen molar-refractivity contribution in [3.05, 3.63) is 12.2 Å². The first-order valence-corrected chi connectivity index (χ1v) is 46.4. The number of esters is 1. The minimum Gasteiger partial charge on any atom is -0.466 e. The number of carbonyl (C=O) groups excluding carboxylic acids is 2. The summed E-state index contributed by atoms with van der Waals surface area (Å²) in [6, 6.07) is -0.538. The van der Waals surface area contributed by atoms with Crippen molar-refractivity contribution in [1.82, 2.24) is 5.32 Å². The van der Waals surface area contributed by atoms with Gasteiger partial charge in [0.15, 0.2) is 0 Å². The van der Waals surface area contributed by atoms with E-state index in [0.29, 0.717) is 25.9 Å². The second-order valence-electron chi connectivity index (χ2n) is 32.4. The van der Waals surface area contributed by atoms with Crippen LogP contribution in [0.1, 0.15) is 547 Å². The number of rotatable bonds is 89. The Morgan fingerprint density at radius 2 is 0.475 bits per heavy atom. The van der Waals surface area contributed by atoms with Crippen molar-refractivity contribution in [2.24, 2.45) is 0 Å². The molecule has 6 nitrogen and oxygen atoms in total.